The second kappa shape index (κ2) is 5.97. The van der Waals surface area contributed by atoms with Crippen LogP contribution in [0.25, 0.3) is 10.1 Å². The van der Waals surface area contributed by atoms with E-state index in [1.165, 1.54) is 16.9 Å². The van der Waals surface area contributed by atoms with Gasteiger partial charge in [-0.05, 0) is 46.5 Å². The molecule has 0 radical (unpaired) electrons. The van der Waals surface area contributed by atoms with Crippen LogP contribution in [0, 0.1) is 0 Å². The molecule has 0 saturated heterocycles. The van der Waals surface area contributed by atoms with Gasteiger partial charge in [0.25, 0.3) is 0 Å². The summed E-state index contributed by atoms with van der Waals surface area (Å²) < 4.78 is 1.04. The van der Waals surface area contributed by atoms with Crippen molar-refractivity contribution in [3.05, 3.63) is 57.1 Å². The van der Waals surface area contributed by atoms with E-state index < -0.39 is 5.97 Å². The van der Waals surface area contributed by atoms with E-state index in [-0.39, 0.29) is 0 Å². The van der Waals surface area contributed by atoms with Crippen LogP contribution in [0.5, 0.6) is 0 Å². The smallest absolute Gasteiger partial charge is 0.346 e. The van der Waals surface area contributed by atoms with E-state index in [2.05, 4.69) is 21.7 Å². The molecule has 0 aliphatic heterocycles. The predicted octanol–water partition coefficient (Wildman–Crippen LogP) is 4.29. The van der Waals surface area contributed by atoms with Crippen LogP contribution in [0.2, 0.25) is 0 Å². The molecule has 0 aliphatic rings. The lowest BCUT2D eigenvalue weighted by molar-refractivity contribution is 0.0700. The highest BCUT2D eigenvalue weighted by atomic mass is 32.1. The van der Waals surface area contributed by atoms with Gasteiger partial charge in [-0.2, -0.15) is 11.3 Å². The van der Waals surface area contributed by atoms with Crippen LogP contribution in [-0.2, 0) is 13.1 Å². The van der Waals surface area contributed by atoms with Gasteiger partial charge in [-0.25, -0.2) is 4.79 Å². The Morgan fingerprint density at radius 2 is 2.05 bits per heavy atom. The van der Waals surface area contributed by atoms with Crippen molar-refractivity contribution in [2.24, 2.45) is 0 Å². The quantitative estimate of drug-likeness (QED) is 0.763. The van der Waals surface area contributed by atoms with E-state index in [9.17, 15) is 9.90 Å². The van der Waals surface area contributed by atoms with Gasteiger partial charge in [0.15, 0.2) is 0 Å². The molecule has 2 aromatic heterocycles. The molecule has 1 aromatic carbocycles. The summed E-state index contributed by atoms with van der Waals surface area (Å²) in [4.78, 5) is 14.1. The Balaban J connectivity index is 1.91. The predicted molar refractivity (Wildman–Crippen MR) is 88.3 cm³/mol. The Bertz CT molecular complexity index is 762. The molecule has 0 atom stereocenters. The lowest BCUT2D eigenvalue weighted by Crippen LogP contribution is -2.18. The Hall–Kier alpha value is -1.69. The Morgan fingerprint density at radius 1 is 1.24 bits per heavy atom. The minimum Gasteiger partial charge on any atom is -0.477 e. The zero-order valence-electron chi connectivity index (χ0n) is 11.6. The van der Waals surface area contributed by atoms with Crippen LogP contribution >= 0.6 is 22.7 Å². The highest BCUT2D eigenvalue weighted by molar-refractivity contribution is 7.21. The molecule has 1 N–H and O–H groups in total. The van der Waals surface area contributed by atoms with Crippen molar-refractivity contribution in [2.45, 2.75) is 13.1 Å². The fourth-order valence-corrected chi connectivity index (χ4v) is 4.16. The van der Waals surface area contributed by atoms with Crippen molar-refractivity contribution >= 4 is 38.7 Å². The minimum absolute atomic E-state index is 0.452. The van der Waals surface area contributed by atoms with Crippen molar-refractivity contribution in [3.8, 4) is 0 Å². The number of fused-ring (bicyclic) bond motifs is 1. The van der Waals surface area contributed by atoms with Gasteiger partial charge in [0.2, 0.25) is 0 Å². The molecule has 0 spiro atoms. The van der Waals surface area contributed by atoms with Crippen molar-refractivity contribution in [1.29, 1.82) is 0 Å². The lowest BCUT2D eigenvalue weighted by atomic mass is 10.1. The third-order valence-corrected chi connectivity index (χ3v) is 5.29. The summed E-state index contributed by atoms with van der Waals surface area (Å²) in [6.45, 7) is 1.47. The van der Waals surface area contributed by atoms with Crippen molar-refractivity contribution in [3.63, 3.8) is 0 Å². The molecule has 2 heterocycles. The van der Waals surface area contributed by atoms with Gasteiger partial charge in [-0.3, -0.25) is 4.90 Å². The molecule has 0 fully saturated rings. The topological polar surface area (TPSA) is 40.5 Å². The Kier molecular flexibility index (Phi) is 4.05. The molecule has 21 heavy (non-hydrogen) atoms. The lowest BCUT2D eigenvalue weighted by Gasteiger charge is -2.16. The van der Waals surface area contributed by atoms with E-state index in [1.807, 2.05) is 31.3 Å². The molecule has 0 saturated carbocycles. The van der Waals surface area contributed by atoms with E-state index in [0.717, 1.165) is 22.2 Å². The SMILES string of the molecule is CN(Cc1ccsc1)Cc1c(C(=O)O)sc2ccccc12. The van der Waals surface area contributed by atoms with Crippen LogP contribution in [-0.4, -0.2) is 23.0 Å². The first-order valence-electron chi connectivity index (χ1n) is 6.58. The molecule has 5 heteroatoms. The van der Waals surface area contributed by atoms with Crippen LogP contribution in [0.3, 0.4) is 0 Å². The number of rotatable bonds is 5. The number of aromatic carboxylic acids is 1. The average molecular weight is 317 g/mol. The largest absolute Gasteiger partial charge is 0.477 e. The fourth-order valence-electron chi connectivity index (χ4n) is 2.45. The molecule has 3 nitrogen and oxygen atoms in total. The third-order valence-electron chi connectivity index (χ3n) is 3.35. The number of carboxylic acid groups (broad SMARTS) is 1. The summed E-state index contributed by atoms with van der Waals surface area (Å²) in [5, 5.41) is 14.7. The normalized spacial score (nSPS) is 11.3. The number of carboxylic acids is 1. The molecule has 0 unspecified atom stereocenters. The second-order valence-corrected chi connectivity index (χ2v) is 6.85. The van der Waals surface area contributed by atoms with Gasteiger partial charge in [-0.1, -0.05) is 18.2 Å². The first-order chi connectivity index (χ1) is 10.1. The van der Waals surface area contributed by atoms with Gasteiger partial charge in [0.05, 0.1) is 0 Å². The number of hydrogen-bond donors (Lipinski definition) is 1. The zero-order valence-corrected chi connectivity index (χ0v) is 13.2. The number of nitrogens with zero attached hydrogens (tertiary/aromatic N) is 1. The molecule has 0 amide bonds. The second-order valence-electron chi connectivity index (χ2n) is 5.01. The number of benzene rings is 1. The molecule has 0 aliphatic carbocycles. The first-order valence-corrected chi connectivity index (χ1v) is 8.34. The standard InChI is InChI=1S/C16H15NO2S2/c1-17(8-11-6-7-20-10-11)9-13-12-4-2-3-5-14(12)21-15(13)16(18)19/h2-7,10H,8-9H2,1H3,(H,18,19). The third kappa shape index (κ3) is 3.00. The summed E-state index contributed by atoms with van der Waals surface area (Å²) in [5.41, 5.74) is 2.18. The summed E-state index contributed by atoms with van der Waals surface area (Å²) in [5.74, 6) is -0.838. The van der Waals surface area contributed by atoms with Crippen LogP contribution in [0.1, 0.15) is 20.8 Å². The first kappa shape index (κ1) is 14.3. The Morgan fingerprint density at radius 3 is 2.76 bits per heavy atom. The van der Waals surface area contributed by atoms with Crippen LogP contribution in [0.15, 0.2) is 41.1 Å². The number of hydrogen-bond acceptors (Lipinski definition) is 4. The van der Waals surface area contributed by atoms with Crippen molar-refractivity contribution in [1.82, 2.24) is 4.90 Å². The minimum atomic E-state index is -0.838. The highest BCUT2D eigenvalue weighted by Crippen LogP contribution is 2.32. The zero-order chi connectivity index (χ0) is 14.8. The highest BCUT2D eigenvalue weighted by Gasteiger charge is 2.18. The van der Waals surface area contributed by atoms with Gasteiger partial charge in [-0.15, -0.1) is 11.3 Å². The molecule has 108 valence electrons. The van der Waals surface area contributed by atoms with E-state index >= 15 is 0 Å². The maximum absolute atomic E-state index is 11.5. The van der Waals surface area contributed by atoms with Gasteiger partial charge >= 0.3 is 5.97 Å². The van der Waals surface area contributed by atoms with E-state index in [4.69, 9.17) is 0 Å². The summed E-state index contributed by atoms with van der Waals surface area (Å²) in [6, 6.07) is 10.00. The monoisotopic (exact) mass is 317 g/mol. The molecular weight excluding hydrogens is 302 g/mol. The van der Waals surface area contributed by atoms with Gasteiger partial charge in [0.1, 0.15) is 4.88 Å². The fraction of sp³-hybridized carbons (Fsp3) is 0.188. The van der Waals surface area contributed by atoms with E-state index in [0.29, 0.717) is 11.4 Å². The average Bonchev–Trinajstić information content (AvgIpc) is 3.07. The molecular formula is C16H15NO2S2. The van der Waals surface area contributed by atoms with Crippen molar-refractivity contribution in [2.75, 3.05) is 7.05 Å². The number of carbonyl (C=O) groups is 1. The maximum atomic E-state index is 11.5. The van der Waals surface area contributed by atoms with E-state index in [1.54, 1.807) is 11.3 Å². The number of thiophene rings is 2. The summed E-state index contributed by atoms with van der Waals surface area (Å²) >= 11 is 3.04. The molecule has 0 bridgehead atoms. The van der Waals surface area contributed by atoms with Crippen LogP contribution in [0.4, 0.5) is 0 Å². The van der Waals surface area contributed by atoms with Gasteiger partial charge in [0, 0.05) is 17.8 Å². The summed E-state index contributed by atoms with van der Waals surface area (Å²) in [7, 11) is 2.02. The summed E-state index contributed by atoms with van der Waals surface area (Å²) in [6.07, 6.45) is 0. The van der Waals surface area contributed by atoms with Crippen LogP contribution < -0.4 is 0 Å². The van der Waals surface area contributed by atoms with Crippen molar-refractivity contribution < 1.29 is 9.90 Å². The Labute approximate surface area is 131 Å². The van der Waals surface area contributed by atoms with Gasteiger partial charge < -0.3 is 5.11 Å². The molecule has 3 rings (SSSR count). The molecule has 3 aromatic rings. The maximum Gasteiger partial charge on any atom is 0.346 e.